The maximum atomic E-state index is 13.1. The Morgan fingerprint density at radius 3 is 0.648 bits per heavy atom. The van der Waals surface area contributed by atoms with Crippen LogP contribution in [-0.4, -0.2) is 96.7 Å². The van der Waals surface area contributed by atoms with Crippen molar-refractivity contribution in [2.45, 2.75) is 477 Å². The fourth-order valence-corrected chi connectivity index (χ4v) is 15.0. The van der Waals surface area contributed by atoms with E-state index >= 15 is 0 Å². The zero-order valence-electron chi connectivity index (χ0n) is 69.0. The van der Waals surface area contributed by atoms with Crippen molar-refractivity contribution < 1.29 is 80.2 Å². The lowest BCUT2D eigenvalue weighted by atomic mass is 10.0. The SMILES string of the molecule is CCCCCCCCCCCCCCCCCCCCCCCC(=O)OC[C@H](COP(=O)(O)OC[C@@H](O)COP(=O)(O)OC[C@@H](COC(=O)CCCCCCC)OC(=O)CCCCCCCCCCCCCCCCCC(C)C)OC(=O)CCCCCCCCCCCCCCCCCCCCC(C)C. The highest BCUT2D eigenvalue weighted by molar-refractivity contribution is 7.47. The Labute approximate surface area is 645 Å². The van der Waals surface area contributed by atoms with E-state index in [1.165, 1.54) is 270 Å². The summed E-state index contributed by atoms with van der Waals surface area (Å²) >= 11 is 0. The van der Waals surface area contributed by atoms with Crippen molar-refractivity contribution in [2.75, 3.05) is 39.6 Å². The zero-order valence-corrected chi connectivity index (χ0v) is 70.8. The van der Waals surface area contributed by atoms with Crippen molar-refractivity contribution in [2.24, 2.45) is 11.8 Å². The van der Waals surface area contributed by atoms with Gasteiger partial charge in [-0.2, -0.15) is 0 Å². The molecule has 0 aromatic heterocycles. The molecule has 5 atom stereocenters. The van der Waals surface area contributed by atoms with E-state index in [2.05, 4.69) is 41.5 Å². The lowest BCUT2D eigenvalue weighted by Crippen LogP contribution is -2.30. The number of carbonyl (C=O) groups excluding carboxylic acids is 4. The molecule has 3 N–H and O–H groups in total. The van der Waals surface area contributed by atoms with Gasteiger partial charge in [-0.25, -0.2) is 9.13 Å². The third-order valence-electron chi connectivity index (χ3n) is 20.2. The Kier molecular flexibility index (Phi) is 76.0. The quantitative estimate of drug-likeness (QED) is 0.0222. The highest BCUT2D eigenvalue weighted by atomic mass is 31.2. The number of phosphoric ester groups is 2. The van der Waals surface area contributed by atoms with Crippen LogP contribution in [0.15, 0.2) is 0 Å². The maximum Gasteiger partial charge on any atom is 0.472 e. The van der Waals surface area contributed by atoms with Gasteiger partial charge in [0.05, 0.1) is 26.4 Å². The summed E-state index contributed by atoms with van der Waals surface area (Å²) in [5.41, 5.74) is 0. The molecule has 0 spiro atoms. The summed E-state index contributed by atoms with van der Waals surface area (Å²) in [5, 5.41) is 10.6. The summed E-state index contributed by atoms with van der Waals surface area (Å²) in [4.78, 5) is 72.9. The first kappa shape index (κ1) is 103. The van der Waals surface area contributed by atoms with Crippen molar-refractivity contribution in [1.29, 1.82) is 0 Å². The van der Waals surface area contributed by atoms with Crippen molar-refractivity contribution >= 4 is 39.5 Å². The second kappa shape index (κ2) is 77.4. The number of hydrogen-bond acceptors (Lipinski definition) is 15. The summed E-state index contributed by atoms with van der Waals surface area (Å²) in [5.74, 6) is -0.492. The van der Waals surface area contributed by atoms with Gasteiger partial charge in [-0.3, -0.25) is 37.3 Å². The fraction of sp³-hybridized carbons (Fsp3) is 0.953. The van der Waals surface area contributed by atoms with E-state index in [1.54, 1.807) is 0 Å². The van der Waals surface area contributed by atoms with Gasteiger partial charge in [0.2, 0.25) is 0 Å². The number of carbonyl (C=O) groups is 4. The van der Waals surface area contributed by atoms with Gasteiger partial charge in [-0.15, -0.1) is 0 Å². The number of aliphatic hydroxyl groups excluding tert-OH is 1. The van der Waals surface area contributed by atoms with Gasteiger partial charge in [-0.05, 0) is 37.5 Å². The number of unbranched alkanes of at least 4 members (excludes halogenated alkanes) is 55. The number of ether oxygens (including phenoxy) is 4. The monoisotopic (exact) mass is 1540 g/mol. The van der Waals surface area contributed by atoms with Gasteiger partial charge in [0.15, 0.2) is 12.2 Å². The van der Waals surface area contributed by atoms with E-state index in [1.807, 2.05) is 0 Å². The molecule has 0 saturated heterocycles. The van der Waals surface area contributed by atoms with Crippen molar-refractivity contribution in [3.63, 3.8) is 0 Å². The van der Waals surface area contributed by atoms with Crippen LogP contribution in [0.1, 0.15) is 459 Å². The molecule has 0 aliphatic heterocycles. The fourth-order valence-electron chi connectivity index (χ4n) is 13.4. The molecular weight excluding hydrogens is 1370 g/mol. The van der Waals surface area contributed by atoms with Crippen LogP contribution in [0.25, 0.3) is 0 Å². The molecule has 0 aliphatic carbocycles. The molecule has 0 amide bonds. The van der Waals surface area contributed by atoms with E-state index in [-0.39, 0.29) is 25.7 Å². The van der Waals surface area contributed by atoms with Crippen molar-refractivity contribution in [3.05, 3.63) is 0 Å². The molecule has 19 heteroatoms. The summed E-state index contributed by atoms with van der Waals surface area (Å²) in [6.45, 7) is 9.64. The van der Waals surface area contributed by atoms with E-state index in [9.17, 15) is 43.2 Å². The maximum absolute atomic E-state index is 13.1. The number of esters is 4. The van der Waals surface area contributed by atoms with Gasteiger partial charge < -0.3 is 33.8 Å². The number of hydrogen-bond donors (Lipinski definition) is 3. The van der Waals surface area contributed by atoms with Gasteiger partial charge in [-0.1, -0.05) is 408 Å². The van der Waals surface area contributed by atoms with Crippen LogP contribution in [0.2, 0.25) is 0 Å². The van der Waals surface area contributed by atoms with Gasteiger partial charge in [0.25, 0.3) is 0 Å². The van der Waals surface area contributed by atoms with E-state index in [4.69, 9.17) is 37.0 Å². The Balaban J connectivity index is 5.10. The molecule has 0 rings (SSSR count). The van der Waals surface area contributed by atoms with Crippen LogP contribution in [0, 0.1) is 11.8 Å². The minimum Gasteiger partial charge on any atom is -0.462 e. The minimum atomic E-state index is -4.96. The molecule has 0 aliphatic rings. The highest BCUT2D eigenvalue weighted by Crippen LogP contribution is 2.45. The molecule has 2 unspecified atom stereocenters. The molecule has 17 nitrogen and oxygen atoms in total. The van der Waals surface area contributed by atoms with Crippen LogP contribution in [0.4, 0.5) is 0 Å². The topological polar surface area (TPSA) is 237 Å². The first-order chi connectivity index (χ1) is 50.9. The van der Waals surface area contributed by atoms with Gasteiger partial charge in [0.1, 0.15) is 19.3 Å². The summed E-state index contributed by atoms with van der Waals surface area (Å²) in [6, 6.07) is 0. The molecule has 0 fully saturated rings. The summed E-state index contributed by atoms with van der Waals surface area (Å²) in [6.07, 6.45) is 70.1. The minimum absolute atomic E-state index is 0.107. The average molecular weight is 1540 g/mol. The van der Waals surface area contributed by atoms with Crippen molar-refractivity contribution in [3.8, 4) is 0 Å². The molecular formula is C86H168O17P2. The van der Waals surface area contributed by atoms with Crippen LogP contribution in [-0.2, 0) is 65.4 Å². The second-order valence-electron chi connectivity index (χ2n) is 31.9. The average Bonchev–Trinajstić information content (AvgIpc) is 0.914. The lowest BCUT2D eigenvalue weighted by molar-refractivity contribution is -0.161. The predicted molar refractivity (Wildman–Crippen MR) is 432 cm³/mol. The first-order valence-corrected chi connectivity index (χ1v) is 47.5. The standard InChI is InChI=1S/C86H168O17P2/c1-7-9-11-13-14-15-16-17-18-19-20-21-22-26-31-36-41-46-51-57-63-69-84(89)97-75-82(103-86(91)71-65-58-52-47-42-37-32-27-24-23-25-29-34-39-44-49-55-60-66-78(3)4)77-101-105(94,95)99-73-80(87)72-98-104(92,93)100-76-81(74-96-83(88)68-62-54-12-10-8-2)102-85(90)70-64-59-53-48-43-38-33-28-30-35-40-45-50-56-61-67-79(5)6/h78-82,87H,7-77H2,1-6H3,(H,92,93)(H,94,95)/t80-,81+,82+/m0/s1. The van der Waals surface area contributed by atoms with Crippen LogP contribution < -0.4 is 0 Å². The third-order valence-corrected chi connectivity index (χ3v) is 22.1. The lowest BCUT2D eigenvalue weighted by Gasteiger charge is -2.21. The summed E-state index contributed by atoms with van der Waals surface area (Å²) in [7, 11) is -9.92. The molecule has 0 aromatic rings. The normalized spacial score (nSPS) is 13.8. The Hall–Kier alpha value is -1.94. The second-order valence-corrected chi connectivity index (χ2v) is 34.8. The molecule has 0 radical (unpaired) electrons. The van der Waals surface area contributed by atoms with E-state index in [0.717, 1.165) is 108 Å². The zero-order chi connectivity index (χ0) is 77.1. The predicted octanol–water partition coefficient (Wildman–Crippen LogP) is 26.2. The van der Waals surface area contributed by atoms with Crippen LogP contribution in [0.3, 0.4) is 0 Å². The molecule has 0 bridgehead atoms. The van der Waals surface area contributed by atoms with Crippen LogP contribution >= 0.6 is 15.6 Å². The third kappa shape index (κ3) is 79.9. The Bertz CT molecular complexity index is 2010. The number of aliphatic hydroxyl groups is 1. The highest BCUT2D eigenvalue weighted by Gasteiger charge is 2.30. The molecule has 0 saturated carbocycles. The van der Waals surface area contributed by atoms with Crippen LogP contribution in [0.5, 0.6) is 0 Å². The number of phosphoric acid groups is 2. The molecule has 624 valence electrons. The van der Waals surface area contributed by atoms with E-state index < -0.39 is 97.5 Å². The molecule has 0 aromatic carbocycles. The van der Waals surface area contributed by atoms with Gasteiger partial charge in [0, 0.05) is 25.7 Å². The van der Waals surface area contributed by atoms with E-state index in [0.29, 0.717) is 25.7 Å². The molecule has 105 heavy (non-hydrogen) atoms. The largest absolute Gasteiger partial charge is 0.472 e. The molecule has 0 heterocycles. The van der Waals surface area contributed by atoms with Gasteiger partial charge >= 0.3 is 39.5 Å². The Morgan fingerprint density at radius 1 is 0.257 bits per heavy atom. The Morgan fingerprint density at radius 2 is 0.438 bits per heavy atom. The summed E-state index contributed by atoms with van der Waals surface area (Å²) < 4.78 is 68.6. The smallest absolute Gasteiger partial charge is 0.462 e. The first-order valence-electron chi connectivity index (χ1n) is 44.5. The van der Waals surface area contributed by atoms with Crippen molar-refractivity contribution in [1.82, 2.24) is 0 Å². The number of rotatable bonds is 85.